The van der Waals surface area contributed by atoms with Crippen molar-refractivity contribution in [3.05, 3.63) is 11.8 Å². The number of carbonyl (C=O) groups excluding carboxylic acids is 1. The smallest absolute Gasteiger partial charge is 0.240 e. The third kappa shape index (κ3) is 3.27. The van der Waals surface area contributed by atoms with Gasteiger partial charge in [-0.2, -0.15) is 0 Å². The number of fused-ring (bicyclic) bond motifs is 1. The Labute approximate surface area is 124 Å². The molecule has 1 aromatic rings. The van der Waals surface area contributed by atoms with Crippen LogP contribution in [0.5, 0.6) is 0 Å². The minimum Gasteiger partial charge on any atom is -0.390 e. The Hall–Kier alpha value is -1.40. The van der Waals surface area contributed by atoms with Gasteiger partial charge in [0.05, 0.1) is 17.8 Å². The molecule has 3 rings (SSSR count). The number of piperidine rings is 1. The average Bonchev–Trinajstić information content (AvgIpc) is 2.84. The van der Waals surface area contributed by atoms with E-state index in [4.69, 9.17) is 4.52 Å². The van der Waals surface area contributed by atoms with Crippen molar-refractivity contribution in [3.8, 4) is 0 Å². The van der Waals surface area contributed by atoms with Crippen LogP contribution in [0.4, 0.5) is 5.88 Å². The number of rotatable bonds is 3. The zero-order valence-corrected chi connectivity index (χ0v) is 12.5. The van der Waals surface area contributed by atoms with E-state index in [1.54, 1.807) is 6.07 Å². The van der Waals surface area contributed by atoms with Crippen molar-refractivity contribution in [3.63, 3.8) is 0 Å². The molecule has 21 heavy (non-hydrogen) atoms. The largest absolute Gasteiger partial charge is 0.390 e. The lowest BCUT2D eigenvalue weighted by Crippen LogP contribution is -2.54. The monoisotopic (exact) mass is 293 g/mol. The first-order valence-electron chi connectivity index (χ1n) is 7.73. The van der Waals surface area contributed by atoms with E-state index in [-0.39, 0.29) is 5.91 Å². The molecule has 6 nitrogen and oxygen atoms in total. The molecule has 2 aliphatic rings. The number of anilines is 1. The summed E-state index contributed by atoms with van der Waals surface area (Å²) in [6.07, 6.45) is 5.06. The Morgan fingerprint density at radius 1 is 1.57 bits per heavy atom. The summed E-state index contributed by atoms with van der Waals surface area (Å²) < 4.78 is 4.99. The normalized spacial score (nSPS) is 29.9. The zero-order valence-electron chi connectivity index (χ0n) is 12.5. The van der Waals surface area contributed by atoms with Gasteiger partial charge in [-0.15, -0.1) is 0 Å². The Kier molecular flexibility index (Phi) is 3.99. The molecule has 1 saturated carbocycles. The molecule has 2 heterocycles. The Morgan fingerprint density at radius 3 is 3.19 bits per heavy atom. The highest BCUT2D eigenvalue weighted by Gasteiger charge is 2.42. The third-order valence-electron chi connectivity index (χ3n) is 4.77. The van der Waals surface area contributed by atoms with Gasteiger partial charge in [0.25, 0.3) is 0 Å². The van der Waals surface area contributed by atoms with Crippen LogP contribution in [0.2, 0.25) is 0 Å². The molecule has 2 unspecified atom stereocenters. The SMILES string of the molecule is Cc1cc(NC(=O)CN2CCC3(O)CCCCC3C2)on1. The number of carbonyl (C=O) groups is 1. The first kappa shape index (κ1) is 14.5. The molecule has 1 aromatic heterocycles. The van der Waals surface area contributed by atoms with Crippen molar-refractivity contribution in [1.82, 2.24) is 10.1 Å². The number of amides is 1. The fourth-order valence-electron chi connectivity index (χ4n) is 3.59. The van der Waals surface area contributed by atoms with Crippen molar-refractivity contribution in [2.24, 2.45) is 5.92 Å². The molecular formula is C15H23N3O3. The van der Waals surface area contributed by atoms with Crippen molar-refractivity contribution >= 4 is 11.8 Å². The molecular weight excluding hydrogens is 270 g/mol. The van der Waals surface area contributed by atoms with Gasteiger partial charge in [0.1, 0.15) is 0 Å². The summed E-state index contributed by atoms with van der Waals surface area (Å²) in [5.74, 6) is 0.608. The van der Waals surface area contributed by atoms with Crippen LogP contribution in [0, 0.1) is 12.8 Å². The number of likely N-dealkylation sites (tertiary alicyclic amines) is 1. The van der Waals surface area contributed by atoms with E-state index in [0.29, 0.717) is 18.3 Å². The molecule has 1 saturated heterocycles. The van der Waals surface area contributed by atoms with Gasteiger partial charge >= 0.3 is 0 Å². The summed E-state index contributed by atoms with van der Waals surface area (Å²) in [4.78, 5) is 14.2. The second kappa shape index (κ2) is 5.77. The summed E-state index contributed by atoms with van der Waals surface area (Å²) in [5.41, 5.74) is 0.253. The number of nitrogens with one attached hydrogen (secondary N) is 1. The molecule has 2 atom stereocenters. The molecule has 1 amide bonds. The van der Waals surface area contributed by atoms with Crippen LogP contribution in [0.1, 0.15) is 37.8 Å². The second-order valence-electron chi connectivity index (χ2n) is 6.41. The maximum absolute atomic E-state index is 12.0. The summed E-state index contributed by atoms with van der Waals surface area (Å²) in [6, 6.07) is 1.70. The maximum atomic E-state index is 12.0. The summed E-state index contributed by atoms with van der Waals surface area (Å²) >= 11 is 0. The highest BCUT2D eigenvalue weighted by atomic mass is 16.5. The van der Waals surface area contributed by atoms with Crippen LogP contribution >= 0.6 is 0 Å². The molecule has 0 radical (unpaired) electrons. The van der Waals surface area contributed by atoms with E-state index in [9.17, 15) is 9.90 Å². The molecule has 0 spiro atoms. The second-order valence-corrected chi connectivity index (χ2v) is 6.41. The number of aliphatic hydroxyl groups is 1. The van der Waals surface area contributed by atoms with Gasteiger partial charge in [-0.1, -0.05) is 18.0 Å². The van der Waals surface area contributed by atoms with Gasteiger partial charge in [-0.25, -0.2) is 0 Å². The minimum atomic E-state index is -0.493. The Balaban J connectivity index is 1.53. The molecule has 6 heteroatoms. The van der Waals surface area contributed by atoms with Crippen LogP contribution < -0.4 is 5.32 Å². The van der Waals surface area contributed by atoms with E-state index < -0.39 is 5.60 Å². The van der Waals surface area contributed by atoms with Gasteiger partial charge in [-0.05, 0) is 26.2 Å². The number of hydrogen-bond acceptors (Lipinski definition) is 5. The molecule has 0 aromatic carbocycles. The Morgan fingerprint density at radius 2 is 2.43 bits per heavy atom. The summed E-state index contributed by atoms with van der Waals surface area (Å²) in [5, 5.41) is 17.1. The predicted octanol–water partition coefficient (Wildman–Crippen LogP) is 1.55. The van der Waals surface area contributed by atoms with E-state index in [2.05, 4.69) is 15.4 Å². The highest BCUT2D eigenvalue weighted by molar-refractivity contribution is 5.90. The van der Waals surface area contributed by atoms with Crippen LogP contribution in [0.15, 0.2) is 10.6 Å². The lowest BCUT2D eigenvalue weighted by molar-refractivity contribution is -0.123. The number of aromatic nitrogens is 1. The molecule has 1 aliphatic carbocycles. The van der Waals surface area contributed by atoms with E-state index in [0.717, 1.165) is 44.5 Å². The summed E-state index contributed by atoms with van der Waals surface area (Å²) in [6.45, 7) is 3.73. The highest BCUT2D eigenvalue weighted by Crippen LogP contribution is 2.39. The molecule has 116 valence electrons. The standard InChI is InChI=1S/C15H23N3O3/c1-11-8-14(21-17-11)16-13(19)10-18-7-6-15(20)5-3-2-4-12(15)9-18/h8,12,20H,2-7,9-10H2,1H3,(H,16,19). The predicted molar refractivity (Wildman–Crippen MR) is 77.8 cm³/mol. The lowest BCUT2D eigenvalue weighted by Gasteiger charge is -2.47. The minimum absolute atomic E-state index is 0.0904. The van der Waals surface area contributed by atoms with Gasteiger partial charge in [-0.3, -0.25) is 15.0 Å². The van der Waals surface area contributed by atoms with Crippen molar-refractivity contribution in [2.45, 2.75) is 44.6 Å². The van der Waals surface area contributed by atoms with Crippen molar-refractivity contribution < 1.29 is 14.4 Å². The van der Waals surface area contributed by atoms with E-state index in [1.807, 2.05) is 6.92 Å². The van der Waals surface area contributed by atoms with Gasteiger partial charge in [0, 0.05) is 25.1 Å². The van der Waals surface area contributed by atoms with Crippen molar-refractivity contribution in [2.75, 3.05) is 25.0 Å². The summed E-state index contributed by atoms with van der Waals surface area (Å²) in [7, 11) is 0. The van der Waals surface area contributed by atoms with E-state index >= 15 is 0 Å². The zero-order chi connectivity index (χ0) is 14.9. The molecule has 2 N–H and O–H groups in total. The van der Waals surface area contributed by atoms with Crippen LogP contribution in [-0.4, -0.2) is 46.3 Å². The molecule has 2 fully saturated rings. The first-order valence-corrected chi connectivity index (χ1v) is 7.73. The quantitative estimate of drug-likeness (QED) is 0.884. The molecule has 0 bridgehead atoms. The Bertz CT molecular complexity index is 516. The van der Waals surface area contributed by atoms with E-state index in [1.165, 1.54) is 6.42 Å². The maximum Gasteiger partial charge on any atom is 0.240 e. The number of aryl methyl sites for hydroxylation is 1. The van der Waals surface area contributed by atoms with Gasteiger partial charge in [0.15, 0.2) is 0 Å². The van der Waals surface area contributed by atoms with Gasteiger partial charge in [0.2, 0.25) is 11.8 Å². The van der Waals surface area contributed by atoms with Crippen molar-refractivity contribution in [1.29, 1.82) is 0 Å². The lowest BCUT2D eigenvalue weighted by atomic mass is 9.71. The van der Waals surface area contributed by atoms with Crippen LogP contribution in [-0.2, 0) is 4.79 Å². The third-order valence-corrected chi connectivity index (χ3v) is 4.77. The number of hydrogen-bond donors (Lipinski definition) is 2. The molecule has 1 aliphatic heterocycles. The van der Waals surface area contributed by atoms with Crippen LogP contribution in [0.25, 0.3) is 0 Å². The fourth-order valence-corrected chi connectivity index (χ4v) is 3.59. The number of nitrogens with zero attached hydrogens (tertiary/aromatic N) is 2. The fraction of sp³-hybridized carbons (Fsp3) is 0.733. The van der Waals surface area contributed by atoms with Gasteiger partial charge < -0.3 is 9.63 Å². The first-order chi connectivity index (χ1) is 10.0. The topological polar surface area (TPSA) is 78.6 Å². The van der Waals surface area contributed by atoms with Crippen LogP contribution in [0.3, 0.4) is 0 Å². The average molecular weight is 293 g/mol.